The van der Waals surface area contributed by atoms with Crippen LogP contribution in [0.4, 0.5) is 5.95 Å². The van der Waals surface area contributed by atoms with Crippen molar-refractivity contribution in [2.24, 2.45) is 13.0 Å². The van der Waals surface area contributed by atoms with Crippen molar-refractivity contribution < 1.29 is 9.84 Å². The highest BCUT2D eigenvalue weighted by molar-refractivity contribution is 5.74. The Labute approximate surface area is 179 Å². The minimum atomic E-state index is -0.864. The number of anilines is 1. The minimum absolute atomic E-state index is 0.0727. The van der Waals surface area contributed by atoms with E-state index in [0.29, 0.717) is 23.3 Å². The number of H-pyrrole nitrogens is 1. The Bertz CT molecular complexity index is 1190. The molecule has 1 atom stereocenters. The highest BCUT2D eigenvalue weighted by Crippen LogP contribution is 2.25. The minimum Gasteiger partial charge on any atom is -0.491 e. The van der Waals surface area contributed by atoms with Gasteiger partial charge in [-0.1, -0.05) is 19.1 Å². The Morgan fingerprint density at radius 1 is 1.29 bits per heavy atom. The van der Waals surface area contributed by atoms with Crippen LogP contribution in [0.1, 0.15) is 25.3 Å². The fraction of sp³-hybridized carbons (Fsp3) is 0.500. The average Bonchev–Trinajstić information content (AvgIpc) is 3.11. The molecular weight excluding hydrogens is 398 g/mol. The predicted molar refractivity (Wildman–Crippen MR) is 119 cm³/mol. The fourth-order valence-electron chi connectivity index (χ4n) is 4.01. The first-order valence-electron chi connectivity index (χ1n) is 10.7. The van der Waals surface area contributed by atoms with Crippen molar-refractivity contribution in [1.82, 2.24) is 19.1 Å². The van der Waals surface area contributed by atoms with Gasteiger partial charge in [-0.2, -0.15) is 4.98 Å². The van der Waals surface area contributed by atoms with Crippen molar-refractivity contribution in [3.8, 4) is 5.75 Å². The van der Waals surface area contributed by atoms with E-state index in [1.54, 1.807) is 11.6 Å². The monoisotopic (exact) mass is 427 g/mol. The molecule has 0 unspecified atom stereocenters. The topological polar surface area (TPSA) is 105 Å². The molecule has 3 heterocycles. The number of benzene rings is 1. The van der Waals surface area contributed by atoms with Gasteiger partial charge in [0.2, 0.25) is 5.95 Å². The summed E-state index contributed by atoms with van der Waals surface area (Å²) in [5.41, 5.74) is 0.652. The number of piperidine rings is 1. The lowest BCUT2D eigenvalue weighted by molar-refractivity contribution is 0.0935. The van der Waals surface area contributed by atoms with Crippen LogP contribution in [0.15, 0.2) is 33.9 Å². The number of aromatic amines is 1. The van der Waals surface area contributed by atoms with Crippen LogP contribution in [0.3, 0.4) is 0 Å². The highest BCUT2D eigenvalue weighted by Gasteiger charge is 2.25. The Kier molecular flexibility index (Phi) is 5.86. The van der Waals surface area contributed by atoms with Crippen LogP contribution < -0.4 is 20.9 Å². The van der Waals surface area contributed by atoms with Crippen molar-refractivity contribution in [3.63, 3.8) is 0 Å². The van der Waals surface area contributed by atoms with Crippen molar-refractivity contribution >= 4 is 17.1 Å². The molecule has 9 nitrogen and oxygen atoms in total. The van der Waals surface area contributed by atoms with Gasteiger partial charge in [-0.25, -0.2) is 4.79 Å². The lowest BCUT2D eigenvalue weighted by atomic mass is 10.00. The number of aliphatic hydroxyl groups excluding tert-OH is 1. The Balaban J connectivity index is 1.65. The van der Waals surface area contributed by atoms with Crippen LogP contribution in [-0.2, 0) is 13.6 Å². The van der Waals surface area contributed by atoms with E-state index in [-0.39, 0.29) is 18.7 Å². The van der Waals surface area contributed by atoms with Gasteiger partial charge in [0.15, 0.2) is 11.2 Å². The number of aromatic nitrogens is 4. The standard InChI is InChI=1S/C22H29N5O4/c1-14-7-9-26(10-8-14)21-23-19-18(20(29)24-22(30)25(19)3)27(21)12-16(28)13-31-17-6-4-5-15(2)11-17/h4-6,11,14,16,28H,7-10,12-13H2,1-3H3,(H,24,29,30)/t16-/m1/s1. The summed E-state index contributed by atoms with van der Waals surface area (Å²) in [5, 5.41) is 10.7. The van der Waals surface area contributed by atoms with E-state index >= 15 is 0 Å². The zero-order chi connectivity index (χ0) is 22.1. The largest absolute Gasteiger partial charge is 0.491 e. The summed E-state index contributed by atoms with van der Waals surface area (Å²) >= 11 is 0. The molecule has 0 saturated carbocycles. The van der Waals surface area contributed by atoms with Gasteiger partial charge in [0, 0.05) is 20.1 Å². The first-order valence-corrected chi connectivity index (χ1v) is 10.7. The molecule has 166 valence electrons. The molecule has 0 bridgehead atoms. The van der Waals surface area contributed by atoms with Gasteiger partial charge in [-0.3, -0.25) is 14.3 Å². The molecule has 1 aromatic carbocycles. The molecule has 31 heavy (non-hydrogen) atoms. The van der Waals surface area contributed by atoms with E-state index in [0.717, 1.165) is 31.5 Å². The number of aryl methyl sites for hydroxylation is 2. The summed E-state index contributed by atoms with van der Waals surface area (Å²) in [6, 6.07) is 7.62. The smallest absolute Gasteiger partial charge is 0.329 e. The number of hydrogen-bond acceptors (Lipinski definition) is 6. The van der Waals surface area contributed by atoms with E-state index in [4.69, 9.17) is 4.74 Å². The Morgan fingerprint density at radius 2 is 2.03 bits per heavy atom. The van der Waals surface area contributed by atoms with Crippen molar-refractivity contribution in [2.75, 3.05) is 24.6 Å². The third-order valence-electron chi connectivity index (χ3n) is 5.88. The second kappa shape index (κ2) is 8.58. The van der Waals surface area contributed by atoms with Gasteiger partial charge >= 0.3 is 5.69 Å². The molecule has 1 aliphatic rings. The molecule has 2 N–H and O–H groups in total. The van der Waals surface area contributed by atoms with E-state index in [1.165, 1.54) is 4.57 Å². The van der Waals surface area contributed by atoms with Crippen molar-refractivity contribution in [1.29, 1.82) is 0 Å². The van der Waals surface area contributed by atoms with Crippen molar-refractivity contribution in [2.45, 2.75) is 39.3 Å². The number of ether oxygens (including phenoxy) is 1. The summed E-state index contributed by atoms with van der Waals surface area (Å²) in [6.45, 7) is 6.02. The number of imidazole rings is 1. The quantitative estimate of drug-likeness (QED) is 0.616. The zero-order valence-electron chi connectivity index (χ0n) is 18.2. The SMILES string of the molecule is Cc1cccc(OC[C@H](O)Cn2c(N3CCC(C)CC3)nc3c2c(=O)[nH]c(=O)n3C)c1. The number of nitrogens with zero attached hydrogens (tertiary/aromatic N) is 4. The predicted octanol–water partition coefficient (Wildman–Crippen LogP) is 1.41. The maximum Gasteiger partial charge on any atom is 0.329 e. The second-order valence-electron chi connectivity index (χ2n) is 8.46. The summed E-state index contributed by atoms with van der Waals surface area (Å²) in [7, 11) is 1.58. The van der Waals surface area contributed by atoms with Crippen LogP contribution in [0.2, 0.25) is 0 Å². The third-order valence-corrected chi connectivity index (χ3v) is 5.88. The number of fused-ring (bicyclic) bond motifs is 1. The summed E-state index contributed by atoms with van der Waals surface area (Å²) in [4.78, 5) is 33.8. The molecule has 2 aromatic heterocycles. The van der Waals surface area contributed by atoms with Gasteiger partial charge in [0.25, 0.3) is 5.56 Å². The first-order chi connectivity index (χ1) is 14.8. The molecule has 1 aliphatic heterocycles. The van der Waals surface area contributed by atoms with Gasteiger partial charge in [-0.05, 0) is 43.4 Å². The zero-order valence-corrected chi connectivity index (χ0v) is 18.2. The molecular formula is C22H29N5O4. The second-order valence-corrected chi connectivity index (χ2v) is 8.46. The molecule has 1 saturated heterocycles. The molecule has 0 aliphatic carbocycles. The van der Waals surface area contributed by atoms with Gasteiger partial charge < -0.3 is 19.3 Å². The van der Waals surface area contributed by atoms with Crippen LogP contribution in [0.5, 0.6) is 5.75 Å². The van der Waals surface area contributed by atoms with E-state index in [1.807, 2.05) is 31.2 Å². The van der Waals surface area contributed by atoms with Crippen LogP contribution in [0.25, 0.3) is 11.2 Å². The van der Waals surface area contributed by atoms with Crippen molar-refractivity contribution in [3.05, 3.63) is 50.7 Å². The lowest BCUT2D eigenvalue weighted by Gasteiger charge is -2.31. The lowest BCUT2D eigenvalue weighted by Crippen LogP contribution is -2.36. The van der Waals surface area contributed by atoms with Gasteiger partial charge in [0.1, 0.15) is 18.5 Å². The number of hydrogen-bond donors (Lipinski definition) is 2. The van der Waals surface area contributed by atoms with E-state index < -0.39 is 17.4 Å². The molecule has 0 amide bonds. The van der Waals surface area contributed by atoms with Crippen LogP contribution in [0, 0.1) is 12.8 Å². The summed E-state index contributed by atoms with van der Waals surface area (Å²) < 4.78 is 8.79. The molecule has 0 spiro atoms. The Morgan fingerprint density at radius 3 is 2.74 bits per heavy atom. The average molecular weight is 428 g/mol. The number of aliphatic hydroxyl groups is 1. The van der Waals surface area contributed by atoms with Crippen LogP contribution in [-0.4, -0.2) is 50.0 Å². The molecule has 4 rings (SSSR count). The maximum absolute atomic E-state index is 12.7. The highest BCUT2D eigenvalue weighted by atomic mass is 16.5. The summed E-state index contributed by atoms with van der Waals surface area (Å²) in [6.07, 6.45) is 1.19. The molecule has 3 aromatic rings. The maximum atomic E-state index is 12.7. The normalized spacial score (nSPS) is 16.1. The summed E-state index contributed by atoms with van der Waals surface area (Å²) in [5.74, 6) is 1.92. The number of nitrogens with one attached hydrogen (secondary N) is 1. The third kappa shape index (κ3) is 4.36. The van der Waals surface area contributed by atoms with E-state index in [2.05, 4.69) is 21.8 Å². The molecule has 9 heteroatoms. The van der Waals surface area contributed by atoms with Gasteiger partial charge in [0.05, 0.1) is 6.54 Å². The van der Waals surface area contributed by atoms with Gasteiger partial charge in [-0.15, -0.1) is 0 Å². The van der Waals surface area contributed by atoms with Crippen LogP contribution >= 0.6 is 0 Å². The fourth-order valence-corrected chi connectivity index (χ4v) is 4.01. The first kappa shape index (κ1) is 21.2. The Hall–Kier alpha value is -3.07. The molecule has 1 fully saturated rings. The molecule has 0 radical (unpaired) electrons. The van der Waals surface area contributed by atoms with E-state index in [9.17, 15) is 14.7 Å². The number of rotatable bonds is 6.